The van der Waals surface area contributed by atoms with E-state index < -0.39 is 0 Å². The number of rotatable bonds is 6. The van der Waals surface area contributed by atoms with E-state index in [1.807, 2.05) is 61.0 Å². The zero-order valence-electron chi connectivity index (χ0n) is 19.0. The van der Waals surface area contributed by atoms with Crippen LogP contribution in [0, 0.1) is 13.8 Å². The van der Waals surface area contributed by atoms with Crippen LogP contribution in [0.3, 0.4) is 0 Å². The number of aryl methyl sites for hydroxylation is 2. The molecule has 0 radical (unpaired) electrons. The van der Waals surface area contributed by atoms with Gasteiger partial charge in [0.15, 0.2) is 0 Å². The van der Waals surface area contributed by atoms with Crippen LogP contribution in [-0.4, -0.2) is 39.1 Å². The normalized spacial score (nSPS) is 11.2. The minimum atomic E-state index is -0.0591. The second kappa shape index (κ2) is 8.71. The fourth-order valence-electron chi connectivity index (χ4n) is 4.26. The molecule has 0 unspecified atom stereocenters. The van der Waals surface area contributed by atoms with Gasteiger partial charge in [-0.15, -0.1) is 0 Å². The molecule has 2 aromatic carbocycles. The Morgan fingerprint density at radius 1 is 1.16 bits per heavy atom. The van der Waals surface area contributed by atoms with E-state index in [1.165, 1.54) is 0 Å². The number of para-hydroxylation sites is 2. The van der Waals surface area contributed by atoms with Gasteiger partial charge in [-0.1, -0.05) is 12.1 Å². The number of carbonyl (C=O) groups is 1. The molecule has 0 aliphatic rings. The zero-order chi connectivity index (χ0) is 23.0. The predicted molar refractivity (Wildman–Crippen MR) is 128 cm³/mol. The molecule has 166 valence electrons. The van der Waals surface area contributed by atoms with Crippen molar-refractivity contribution < 1.29 is 9.53 Å². The molecule has 2 heterocycles. The molecule has 4 aromatic rings. The van der Waals surface area contributed by atoms with E-state index in [4.69, 9.17) is 16.3 Å². The number of carbonyl (C=O) groups excluding carboxylic acids is 1. The molecule has 0 saturated heterocycles. The maximum atomic E-state index is 13.2. The van der Waals surface area contributed by atoms with Gasteiger partial charge in [0.25, 0.3) is 5.91 Å². The number of benzene rings is 2. The molecule has 0 saturated carbocycles. The van der Waals surface area contributed by atoms with E-state index >= 15 is 0 Å². The highest BCUT2D eigenvalue weighted by Crippen LogP contribution is 2.29. The molecule has 6 nitrogen and oxygen atoms in total. The molecule has 32 heavy (non-hydrogen) atoms. The highest BCUT2D eigenvalue weighted by atomic mass is 35.5. The van der Waals surface area contributed by atoms with Crippen molar-refractivity contribution >= 4 is 28.5 Å². The Morgan fingerprint density at radius 2 is 1.91 bits per heavy atom. The number of amides is 1. The summed E-state index contributed by atoms with van der Waals surface area (Å²) in [6.07, 6.45) is 0. The summed E-state index contributed by atoms with van der Waals surface area (Å²) >= 11 is 6.22. The standard InChI is InChI=1S/C25H27ClN4O2/c1-6-29-21-12-11-18(14-20(21)27-25(29)26)24(31)28(4)15-19-13-16(2)30(17(19)3)22-9-7-8-10-23(22)32-5/h7-14H,6,15H2,1-5H3. The number of fused-ring (bicyclic) bond motifs is 1. The van der Waals surface area contributed by atoms with Crippen LogP contribution in [-0.2, 0) is 13.1 Å². The van der Waals surface area contributed by atoms with Crippen molar-refractivity contribution in [3.63, 3.8) is 0 Å². The topological polar surface area (TPSA) is 52.3 Å². The maximum Gasteiger partial charge on any atom is 0.253 e. The van der Waals surface area contributed by atoms with Gasteiger partial charge in [-0.2, -0.15) is 0 Å². The van der Waals surface area contributed by atoms with Crippen molar-refractivity contribution in [1.82, 2.24) is 19.0 Å². The molecule has 7 heteroatoms. The molecule has 1 amide bonds. The monoisotopic (exact) mass is 450 g/mol. The van der Waals surface area contributed by atoms with Gasteiger partial charge in [0.1, 0.15) is 5.75 Å². The van der Waals surface area contributed by atoms with E-state index in [9.17, 15) is 4.79 Å². The van der Waals surface area contributed by atoms with E-state index in [0.717, 1.165) is 46.0 Å². The molecular formula is C25H27ClN4O2. The summed E-state index contributed by atoms with van der Waals surface area (Å²) in [6, 6.07) is 15.6. The molecule has 4 rings (SSSR count). The number of halogens is 1. The highest BCUT2D eigenvalue weighted by Gasteiger charge is 2.19. The number of aromatic nitrogens is 3. The summed E-state index contributed by atoms with van der Waals surface area (Å²) in [5, 5.41) is 0.434. The van der Waals surface area contributed by atoms with Gasteiger partial charge in [0.2, 0.25) is 5.28 Å². The highest BCUT2D eigenvalue weighted by molar-refractivity contribution is 6.29. The van der Waals surface area contributed by atoms with Crippen molar-refractivity contribution in [2.24, 2.45) is 0 Å². The number of methoxy groups -OCH3 is 1. The summed E-state index contributed by atoms with van der Waals surface area (Å²) in [5.74, 6) is 0.750. The van der Waals surface area contributed by atoms with Crippen LogP contribution in [0.25, 0.3) is 16.7 Å². The zero-order valence-corrected chi connectivity index (χ0v) is 19.8. The average molecular weight is 451 g/mol. The molecule has 0 N–H and O–H groups in total. The summed E-state index contributed by atoms with van der Waals surface area (Å²) in [4.78, 5) is 19.3. The Labute approximate surface area is 193 Å². The third-order valence-corrected chi connectivity index (χ3v) is 6.17. The first-order valence-electron chi connectivity index (χ1n) is 10.6. The van der Waals surface area contributed by atoms with Crippen molar-refractivity contribution in [2.45, 2.75) is 33.9 Å². The summed E-state index contributed by atoms with van der Waals surface area (Å²) in [5.41, 5.74) is 6.49. The second-order valence-corrected chi connectivity index (χ2v) is 8.23. The minimum Gasteiger partial charge on any atom is -0.495 e. The van der Waals surface area contributed by atoms with Crippen LogP contribution in [0.15, 0.2) is 48.5 Å². The molecular weight excluding hydrogens is 424 g/mol. The molecule has 0 aliphatic heterocycles. The van der Waals surface area contributed by atoms with Crippen LogP contribution in [0.2, 0.25) is 5.28 Å². The first-order chi connectivity index (χ1) is 15.3. The number of imidazole rings is 1. The molecule has 0 fully saturated rings. The molecule has 0 bridgehead atoms. The fraction of sp³-hybridized carbons (Fsp3) is 0.280. The van der Waals surface area contributed by atoms with Crippen LogP contribution in [0.5, 0.6) is 5.75 Å². The van der Waals surface area contributed by atoms with Crippen LogP contribution in [0.1, 0.15) is 34.2 Å². The van der Waals surface area contributed by atoms with E-state index in [0.29, 0.717) is 17.4 Å². The lowest BCUT2D eigenvalue weighted by atomic mass is 10.1. The minimum absolute atomic E-state index is 0.0591. The Balaban J connectivity index is 1.61. The third-order valence-electron chi connectivity index (χ3n) is 5.88. The van der Waals surface area contributed by atoms with Gasteiger partial charge >= 0.3 is 0 Å². The quantitative estimate of drug-likeness (QED) is 0.395. The number of nitrogens with zero attached hydrogens (tertiary/aromatic N) is 4. The number of hydrogen-bond acceptors (Lipinski definition) is 3. The molecule has 0 atom stereocenters. The van der Waals surface area contributed by atoms with E-state index in [2.05, 4.69) is 29.5 Å². The lowest BCUT2D eigenvalue weighted by Gasteiger charge is -2.18. The lowest BCUT2D eigenvalue weighted by molar-refractivity contribution is 0.0785. The summed E-state index contributed by atoms with van der Waals surface area (Å²) < 4.78 is 9.63. The number of hydrogen-bond donors (Lipinski definition) is 0. The van der Waals surface area contributed by atoms with Gasteiger partial charge in [0, 0.05) is 37.1 Å². The summed E-state index contributed by atoms with van der Waals surface area (Å²) in [6.45, 7) is 7.37. The SMILES string of the molecule is CCn1c(Cl)nc2cc(C(=O)N(C)Cc3cc(C)n(-c4ccccc4OC)c3C)ccc21. The Kier molecular flexibility index (Phi) is 5.98. The maximum absolute atomic E-state index is 13.2. The third kappa shape index (κ3) is 3.75. The van der Waals surface area contributed by atoms with Crippen molar-refractivity contribution in [3.05, 3.63) is 76.3 Å². The number of ether oxygens (including phenoxy) is 1. The van der Waals surface area contributed by atoms with Gasteiger partial charge < -0.3 is 18.8 Å². The largest absolute Gasteiger partial charge is 0.495 e. The van der Waals surface area contributed by atoms with E-state index in [-0.39, 0.29) is 5.91 Å². The smallest absolute Gasteiger partial charge is 0.253 e. The van der Waals surface area contributed by atoms with E-state index in [1.54, 1.807) is 12.0 Å². The molecule has 0 spiro atoms. The van der Waals surface area contributed by atoms with Gasteiger partial charge in [-0.25, -0.2) is 4.98 Å². The fourth-order valence-corrected chi connectivity index (χ4v) is 4.56. The molecule has 0 aliphatic carbocycles. The van der Waals surface area contributed by atoms with Gasteiger partial charge in [-0.05, 0) is 74.3 Å². The van der Waals surface area contributed by atoms with Gasteiger partial charge in [-0.3, -0.25) is 4.79 Å². The van der Waals surface area contributed by atoms with Gasteiger partial charge in [0.05, 0.1) is 23.8 Å². The van der Waals surface area contributed by atoms with Crippen LogP contribution >= 0.6 is 11.6 Å². The average Bonchev–Trinajstić information content (AvgIpc) is 3.26. The van der Waals surface area contributed by atoms with Crippen molar-refractivity contribution in [1.29, 1.82) is 0 Å². The second-order valence-electron chi connectivity index (χ2n) is 7.89. The first-order valence-corrected chi connectivity index (χ1v) is 11.0. The lowest BCUT2D eigenvalue weighted by Crippen LogP contribution is -2.26. The van der Waals surface area contributed by atoms with Crippen molar-refractivity contribution in [2.75, 3.05) is 14.2 Å². The van der Waals surface area contributed by atoms with Crippen LogP contribution < -0.4 is 4.74 Å². The Hall–Kier alpha value is -3.25. The van der Waals surface area contributed by atoms with Crippen molar-refractivity contribution in [3.8, 4) is 11.4 Å². The Morgan fingerprint density at radius 3 is 2.62 bits per heavy atom. The molecule has 2 aromatic heterocycles. The first kappa shape index (κ1) is 22.0. The summed E-state index contributed by atoms with van der Waals surface area (Å²) in [7, 11) is 3.49. The predicted octanol–water partition coefficient (Wildman–Crippen LogP) is 5.40. The Bertz CT molecular complexity index is 1310. The van der Waals surface area contributed by atoms with Crippen LogP contribution in [0.4, 0.5) is 0 Å².